The number of nitrogens with two attached hydrogens (primary N) is 1. The van der Waals surface area contributed by atoms with Crippen LogP contribution in [0.3, 0.4) is 0 Å². The van der Waals surface area contributed by atoms with Crippen molar-refractivity contribution < 1.29 is 13.2 Å². The quantitative estimate of drug-likeness (QED) is 0.434. The zero-order chi connectivity index (χ0) is 26.2. The van der Waals surface area contributed by atoms with Gasteiger partial charge in [-0.3, -0.25) is 0 Å². The van der Waals surface area contributed by atoms with Crippen LogP contribution in [0, 0.1) is 6.92 Å². The molecule has 2 aliphatic rings. The van der Waals surface area contributed by atoms with Crippen molar-refractivity contribution in [2.45, 2.75) is 43.7 Å². The summed E-state index contributed by atoms with van der Waals surface area (Å²) in [6.45, 7) is 2.01. The molecule has 0 saturated heterocycles. The molecule has 9 heteroatoms. The summed E-state index contributed by atoms with van der Waals surface area (Å²) in [7, 11) is -3.51. The number of carbonyl (C=O) groups is 1. The number of nitrogens with one attached hydrogen (secondary N) is 2. The molecule has 0 spiro atoms. The summed E-state index contributed by atoms with van der Waals surface area (Å²) in [5.74, 6) is 0. The van der Waals surface area contributed by atoms with Gasteiger partial charge < -0.3 is 20.9 Å². The van der Waals surface area contributed by atoms with Crippen LogP contribution in [-0.2, 0) is 15.3 Å². The van der Waals surface area contributed by atoms with Crippen LogP contribution in [0.2, 0.25) is 0 Å². The predicted molar refractivity (Wildman–Crippen MR) is 145 cm³/mol. The number of amides is 2. The second-order valence-corrected chi connectivity index (χ2v) is 11.9. The molecule has 37 heavy (non-hydrogen) atoms. The Morgan fingerprint density at radius 2 is 1.95 bits per heavy atom. The lowest BCUT2D eigenvalue weighted by Gasteiger charge is -2.43. The molecule has 0 radical (unpaired) electrons. The maximum Gasteiger partial charge on any atom is 0.319 e. The van der Waals surface area contributed by atoms with E-state index in [1.807, 2.05) is 72.3 Å². The molecule has 0 bridgehead atoms. The van der Waals surface area contributed by atoms with Crippen molar-refractivity contribution in [3.05, 3.63) is 107 Å². The molecule has 1 aromatic heterocycles. The first kappa shape index (κ1) is 24.8. The SMILES string of the molecule is Cc1ccc(NC(=O)NC2CC2)cc1C1(C(c2ccccc2)n2ccnc2)C=C(N)C(S(C)(=O)=O)=CC1. The molecule has 2 amide bonds. The highest BCUT2D eigenvalue weighted by atomic mass is 32.2. The van der Waals surface area contributed by atoms with E-state index in [2.05, 4.69) is 15.6 Å². The molecule has 2 unspecified atom stereocenters. The smallest absolute Gasteiger partial charge is 0.319 e. The number of carbonyl (C=O) groups excluding carboxylic acids is 1. The van der Waals surface area contributed by atoms with Crippen molar-refractivity contribution in [2.75, 3.05) is 11.6 Å². The number of urea groups is 1. The van der Waals surface area contributed by atoms with E-state index < -0.39 is 15.3 Å². The third-order valence-corrected chi connectivity index (χ3v) is 8.26. The highest BCUT2D eigenvalue weighted by molar-refractivity contribution is 7.94. The summed E-state index contributed by atoms with van der Waals surface area (Å²) in [4.78, 5) is 17.0. The molecular weight excluding hydrogens is 486 g/mol. The first-order valence-corrected chi connectivity index (χ1v) is 14.2. The van der Waals surface area contributed by atoms with E-state index in [9.17, 15) is 13.2 Å². The van der Waals surface area contributed by atoms with Gasteiger partial charge in [-0.15, -0.1) is 0 Å². The highest BCUT2D eigenvalue weighted by Gasteiger charge is 2.44. The summed E-state index contributed by atoms with van der Waals surface area (Å²) < 4.78 is 27.0. The summed E-state index contributed by atoms with van der Waals surface area (Å²) in [6.07, 6.45) is 12.5. The van der Waals surface area contributed by atoms with Crippen molar-refractivity contribution in [3.8, 4) is 0 Å². The largest absolute Gasteiger partial charge is 0.398 e. The lowest BCUT2D eigenvalue weighted by Crippen LogP contribution is -2.39. The van der Waals surface area contributed by atoms with Crippen molar-refractivity contribution in [2.24, 2.45) is 5.73 Å². The molecule has 5 rings (SSSR count). The number of anilines is 1. The van der Waals surface area contributed by atoms with E-state index in [0.29, 0.717) is 12.1 Å². The van der Waals surface area contributed by atoms with E-state index in [4.69, 9.17) is 5.73 Å². The van der Waals surface area contributed by atoms with Crippen LogP contribution in [0.1, 0.15) is 42.0 Å². The predicted octanol–water partition coefficient (Wildman–Crippen LogP) is 4.18. The number of nitrogens with zero attached hydrogens (tertiary/aromatic N) is 2. The zero-order valence-electron chi connectivity index (χ0n) is 20.9. The Morgan fingerprint density at radius 1 is 1.19 bits per heavy atom. The van der Waals surface area contributed by atoms with Gasteiger partial charge in [0.25, 0.3) is 0 Å². The number of rotatable bonds is 7. The van der Waals surface area contributed by atoms with Gasteiger partial charge >= 0.3 is 6.03 Å². The molecule has 4 N–H and O–H groups in total. The van der Waals surface area contributed by atoms with Gasteiger partial charge in [-0.1, -0.05) is 42.5 Å². The molecule has 1 fully saturated rings. The molecule has 1 heterocycles. The minimum absolute atomic E-state index is 0.135. The topological polar surface area (TPSA) is 119 Å². The third-order valence-electron chi connectivity index (χ3n) is 7.06. The third kappa shape index (κ3) is 5.04. The Labute approximate surface area is 217 Å². The van der Waals surface area contributed by atoms with Crippen molar-refractivity contribution in [1.82, 2.24) is 14.9 Å². The Bertz CT molecular complexity index is 1480. The van der Waals surface area contributed by atoms with E-state index in [-0.39, 0.29) is 28.7 Å². The summed E-state index contributed by atoms with van der Waals surface area (Å²) in [5, 5.41) is 5.92. The molecule has 2 atom stereocenters. The number of aryl methyl sites for hydroxylation is 1. The Balaban J connectivity index is 1.69. The van der Waals surface area contributed by atoms with Gasteiger partial charge in [-0.25, -0.2) is 18.2 Å². The van der Waals surface area contributed by atoms with Gasteiger partial charge in [0, 0.05) is 41.5 Å². The molecule has 8 nitrogen and oxygen atoms in total. The lowest BCUT2D eigenvalue weighted by molar-refractivity contribution is 0.251. The van der Waals surface area contributed by atoms with Crippen LogP contribution < -0.4 is 16.4 Å². The average molecular weight is 518 g/mol. The fraction of sp³-hybridized carbons (Fsp3) is 0.286. The molecule has 2 aliphatic carbocycles. The minimum atomic E-state index is -3.51. The number of hydrogen-bond donors (Lipinski definition) is 3. The van der Waals surface area contributed by atoms with Crippen LogP contribution in [-0.4, -0.2) is 36.3 Å². The Kier molecular flexibility index (Phi) is 6.41. The number of allylic oxidation sites excluding steroid dienone is 2. The second-order valence-electron chi connectivity index (χ2n) is 9.91. The molecule has 0 aliphatic heterocycles. The van der Waals surface area contributed by atoms with Crippen LogP contribution >= 0.6 is 0 Å². The highest BCUT2D eigenvalue weighted by Crippen LogP contribution is 2.49. The van der Waals surface area contributed by atoms with Crippen LogP contribution in [0.5, 0.6) is 0 Å². The van der Waals surface area contributed by atoms with Gasteiger partial charge in [0.2, 0.25) is 0 Å². The van der Waals surface area contributed by atoms with Gasteiger partial charge in [0.15, 0.2) is 9.84 Å². The fourth-order valence-corrected chi connectivity index (χ4v) is 6.13. The van der Waals surface area contributed by atoms with Crippen LogP contribution in [0.4, 0.5) is 10.5 Å². The van der Waals surface area contributed by atoms with Gasteiger partial charge in [-0.2, -0.15) is 0 Å². The number of hydrogen-bond acceptors (Lipinski definition) is 5. The van der Waals surface area contributed by atoms with E-state index >= 15 is 0 Å². The summed E-state index contributed by atoms with van der Waals surface area (Å²) >= 11 is 0. The zero-order valence-corrected chi connectivity index (χ0v) is 21.7. The van der Waals surface area contributed by atoms with Crippen molar-refractivity contribution >= 4 is 21.6 Å². The number of sulfone groups is 1. The maximum atomic E-state index is 12.5. The summed E-state index contributed by atoms with van der Waals surface area (Å²) in [6, 6.07) is 15.5. The first-order chi connectivity index (χ1) is 17.7. The van der Waals surface area contributed by atoms with E-state index in [1.54, 1.807) is 18.6 Å². The minimum Gasteiger partial charge on any atom is -0.398 e. The Morgan fingerprint density at radius 3 is 2.57 bits per heavy atom. The lowest BCUT2D eigenvalue weighted by atomic mass is 9.66. The van der Waals surface area contributed by atoms with E-state index in [0.717, 1.165) is 29.5 Å². The molecular formula is C28H31N5O3S. The number of aromatic nitrogens is 2. The van der Waals surface area contributed by atoms with Crippen LogP contribution in [0.15, 0.2) is 90.0 Å². The molecule has 3 aromatic rings. The maximum absolute atomic E-state index is 12.5. The van der Waals surface area contributed by atoms with Gasteiger partial charge in [0.05, 0.1) is 17.3 Å². The van der Waals surface area contributed by atoms with Crippen LogP contribution in [0.25, 0.3) is 0 Å². The Hall–Kier alpha value is -3.85. The molecule has 1 saturated carbocycles. The van der Waals surface area contributed by atoms with Crippen molar-refractivity contribution in [3.63, 3.8) is 0 Å². The normalized spacial score (nSPS) is 20.5. The van der Waals surface area contributed by atoms with Gasteiger partial charge in [0.1, 0.15) is 0 Å². The average Bonchev–Trinajstić information content (AvgIpc) is 3.50. The van der Waals surface area contributed by atoms with E-state index in [1.165, 1.54) is 6.26 Å². The standard InChI is InChI=1S/C28H31N5O3S/c1-19-8-9-22(32-27(34)31-21-10-11-21)16-23(19)28(13-12-25(24(29)17-28)37(2,35)36)26(33-15-14-30-18-33)20-6-4-3-5-7-20/h3-9,12,14-18,21,26H,10-11,13,29H2,1-2H3,(H2,31,32,34). The monoisotopic (exact) mass is 517 g/mol. The second kappa shape index (κ2) is 9.55. The molecule has 192 valence electrons. The first-order valence-electron chi connectivity index (χ1n) is 12.3. The fourth-order valence-electron chi connectivity index (χ4n) is 5.25. The summed E-state index contributed by atoms with van der Waals surface area (Å²) in [5.41, 5.74) is 9.53. The number of imidazole rings is 1. The van der Waals surface area contributed by atoms with Crippen molar-refractivity contribution in [1.29, 1.82) is 0 Å². The number of benzene rings is 2. The molecule has 2 aromatic carbocycles. The van der Waals surface area contributed by atoms with Gasteiger partial charge in [-0.05, 0) is 61.1 Å².